The molecule has 1 unspecified atom stereocenters. The topological polar surface area (TPSA) is 72.9 Å². The van der Waals surface area contributed by atoms with Crippen LogP contribution < -0.4 is 4.74 Å². The summed E-state index contributed by atoms with van der Waals surface area (Å²) in [5, 5.41) is 0. The van der Waals surface area contributed by atoms with Crippen LogP contribution in [0.4, 0.5) is 0 Å². The Hall–Kier alpha value is -3.41. The Bertz CT molecular complexity index is 881. The van der Waals surface area contributed by atoms with Crippen molar-refractivity contribution in [1.82, 2.24) is 4.90 Å². The van der Waals surface area contributed by atoms with Gasteiger partial charge in [-0.25, -0.2) is 0 Å². The highest BCUT2D eigenvalue weighted by Gasteiger charge is 2.33. The van der Waals surface area contributed by atoms with E-state index < -0.39 is 12.1 Å². The highest BCUT2D eigenvalue weighted by molar-refractivity contribution is 6.10. The molecule has 1 heterocycles. The second-order valence-corrected chi connectivity index (χ2v) is 6.11. The fraction of sp³-hybridized carbons (Fsp3) is 0.190. The van der Waals surface area contributed by atoms with E-state index in [-0.39, 0.29) is 18.2 Å². The molecule has 138 valence electrons. The smallest absolute Gasteiger partial charge is 0.326 e. The van der Waals surface area contributed by atoms with E-state index in [0.717, 1.165) is 0 Å². The number of ketones is 1. The van der Waals surface area contributed by atoms with Crippen molar-refractivity contribution in [2.24, 2.45) is 0 Å². The lowest BCUT2D eigenvalue weighted by atomic mass is 10.1. The van der Waals surface area contributed by atoms with Crippen LogP contribution in [0.5, 0.6) is 5.75 Å². The lowest BCUT2D eigenvalue weighted by Gasteiger charge is -2.18. The van der Waals surface area contributed by atoms with Gasteiger partial charge in [-0.1, -0.05) is 24.8 Å². The number of carbonyl (C=O) groups excluding carboxylic acids is 3. The minimum absolute atomic E-state index is 0.299. The Morgan fingerprint density at radius 2 is 1.70 bits per heavy atom. The maximum absolute atomic E-state index is 12.4. The maximum atomic E-state index is 12.4. The summed E-state index contributed by atoms with van der Waals surface area (Å²) >= 11 is 0. The lowest BCUT2D eigenvalue weighted by Crippen LogP contribution is -2.34. The quantitative estimate of drug-likeness (QED) is 0.581. The van der Waals surface area contributed by atoms with Gasteiger partial charge in [-0.05, 0) is 37.3 Å². The normalized spacial score (nSPS) is 13.9. The van der Waals surface area contributed by atoms with Crippen LogP contribution in [0, 0.1) is 0 Å². The first kappa shape index (κ1) is 18.4. The molecule has 2 aromatic carbocycles. The monoisotopic (exact) mass is 365 g/mol. The highest BCUT2D eigenvalue weighted by Crippen LogP contribution is 2.30. The van der Waals surface area contributed by atoms with Gasteiger partial charge in [-0.2, -0.15) is 0 Å². The van der Waals surface area contributed by atoms with Crippen molar-refractivity contribution in [1.29, 1.82) is 0 Å². The van der Waals surface area contributed by atoms with Gasteiger partial charge in [0.25, 0.3) is 5.91 Å². The van der Waals surface area contributed by atoms with Crippen molar-refractivity contribution in [3.63, 3.8) is 0 Å². The van der Waals surface area contributed by atoms with Crippen LogP contribution in [0.15, 0.2) is 55.1 Å². The molecule has 1 amide bonds. The molecule has 6 nitrogen and oxygen atoms in total. The number of nitrogens with zero attached hydrogens (tertiary/aromatic N) is 1. The standard InChI is InChI=1S/C21H19NO5/c1-13-17-6-4-5-7-18(17)21(25)22(13)12-19(23)27-14(2)20(24)15-8-10-16(26-3)11-9-15/h4-11,14H,1,12H2,2-3H3. The molecule has 0 N–H and O–H groups in total. The second kappa shape index (κ2) is 7.45. The van der Waals surface area contributed by atoms with Crippen LogP contribution in [-0.2, 0) is 9.53 Å². The van der Waals surface area contributed by atoms with Crippen LogP contribution in [0.1, 0.15) is 33.2 Å². The SMILES string of the molecule is C=C1c2ccccc2C(=O)N1CC(=O)OC(C)C(=O)c1ccc(OC)cc1. The van der Waals surface area contributed by atoms with Gasteiger partial charge in [-0.3, -0.25) is 19.3 Å². The third kappa shape index (κ3) is 3.60. The van der Waals surface area contributed by atoms with Crippen LogP contribution in [0.3, 0.4) is 0 Å². The summed E-state index contributed by atoms with van der Waals surface area (Å²) in [5.74, 6) is -0.684. The zero-order chi connectivity index (χ0) is 19.6. The molecule has 0 saturated heterocycles. The van der Waals surface area contributed by atoms with E-state index in [1.165, 1.54) is 18.9 Å². The van der Waals surface area contributed by atoms with Crippen molar-refractivity contribution in [2.75, 3.05) is 13.7 Å². The largest absolute Gasteiger partial charge is 0.497 e. The molecular formula is C21H19NO5. The van der Waals surface area contributed by atoms with E-state index in [2.05, 4.69) is 6.58 Å². The predicted octanol–water partition coefficient (Wildman–Crippen LogP) is 2.94. The van der Waals surface area contributed by atoms with Gasteiger partial charge in [0, 0.05) is 22.4 Å². The molecule has 0 spiro atoms. The molecule has 2 aromatic rings. The van der Waals surface area contributed by atoms with E-state index >= 15 is 0 Å². The summed E-state index contributed by atoms with van der Waals surface area (Å²) in [7, 11) is 1.53. The first-order chi connectivity index (χ1) is 12.9. The molecular weight excluding hydrogens is 346 g/mol. The minimum atomic E-state index is -0.973. The van der Waals surface area contributed by atoms with Gasteiger partial charge in [0.15, 0.2) is 6.10 Å². The zero-order valence-electron chi connectivity index (χ0n) is 15.1. The van der Waals surface area contributed by atoms with E-state index in [1.54, 1.807) is 48.5 Å². The van der Waals surface area contributed by atoms with Gasteiger partial charge >= 0.3 is 5.97 Å². The lowest BCUT2D eigenvalue weighted by molar-refractivity contribution is -0.146. The van der Waals surface area contributed by atoms with Crippen LogP contribution in [0.2, 0.25) is 0 Å². The van der Waals surface area contributed by atoms with Crippen LogP contribution in [-0.4, -0.2) is 42.3 Å². The summed E-state index contributed by atoms with van der Waals surface area (Å²) in [4.78, 5) is 38.4. The van der Waals surface area contributed by atoms with Gasteiger partial charge in [-0.15, -0.1) is 0 Å². The van der Waals surface area contributed by atoms with Gasteiger partial charge in [0.1, 0.15) is 12.3 Å². The number of esters is 1. The summed E-state index contributed by atoms with van der Waals surface area (Å²) in [6.07, 6.45) is -0.973. The molecule has 0 aromatic heterocycles. The number of ether oxygens (including phenoxy) is 2. The summed E-state index contributed by atoms with van der Waals surface area (Å²) in [5.41, 5.74) is 2.04. The van der Waals surface area contributed by atoms with Crippen molar-refractivity contribution < 1.29 is 23.9 Å². The zero-order valence-corrected chi connectivity index (χ0v) is 15.1. The summed E-state index contributed by atoms with van der Waals surface area (Å²) in [6, 6.07) is 13.5. The van der Waals surface area contributed by atoms with Gasteiger partial charge in [0.05, 0.1) is 7.11 Å². The molecule has 0 saturated carbocycles. The van der Waals surface area contributed by atoms with E-state index in [0.29, 0.717) is 28.1 Å². The fourth-order valence-electron chi connectivity index (χ4n) is 2.91. The molecule has 0 fully saturated rings. The Morgan fingerprint density at radius 1 is 1.07 bits per heavy atom. The minimum Gasteiger partial charge on any atom is -0.497 e. The number of hydrogen-bond acceptors (Lipinski definition) is 5. The summed E-state index contributed by atoms with van der Waals surface area (Å²) < 4.78 is 10.3. The maximum Gasteiger partial charge on any atom is 0.326 e. The molecule has 0 radical (unpaired) electrons. The van der Waals surface area contributed by atoms with Crippen molar-refractivity contribution in [3.05, 3.63) is 71.8 Å². The first-order valence-corrected chi connectivity index (χ1v) is 8.40. The number of fused-ring (bicyclic) bond motifs is 1. The Kier molecular flexibility index (Phi) is 5.07. The van der Waals surface area contributed by atoms with E-state index in [1.807, 2.05) is 0 Å². The molecule has 1 aliphatic heterocycles. The third-order valence-corrected chi connectivity index (χ3v) is 4.38. The van der Waals surface area contributed by atoms with Crippen molar-refractivity contribution in [2.45, 2.75) is 13.0 Å². The van der Waals surface area contributed by atoms with Crippen LogP contribution in [0.25, 0.3) is 5.70 Å². The fourth-order valence-corrected chi connectivity index (χ4v) is 2.91. The molecule has 6 heteroatoms. The molecule has 0 aliphatic carbocycles. The number of amides is 1. The van der Waals surface area contributed by atoms with Gasteiger partial charge in [0.2, 0.25) is 5.78 Å². The van der Waals surface area contributed by atoms with Crippen LogP contribution >= 0.6 is 0 Å². The number of methoxy groups -OCH3 is 1. The summed E-state index contributed by atoms with van der Waals surface area (Å²) in [6.45, 7) is 5.08. The number of carbonyl (C=O) groups is 3. The average Bonchev–Trinajstić information content (AvgIpc) is 2.92. The van der Waals surface area contributed by atoms with Gasteiger partial charge < -0.3 is 9.47 Å². The molecule has 0 bridgehead atoms. The number of Topliss-reactive ketones (excluding diaryl/α,β-unsaturated/α-hetero) is 1. The first-order valence-electron chi connectivity index (χ1n) is 8.40. The van der Waals surface area contributed by atoms with Crippen molar-refractivity contribution >= 4 is 23.4 Å². The molecule has 1 atom stereocenters. The Labute approximate surface area is 157 Å². The Balaban J connectivity index is 1.63. The molecule has 3 rings (SSSR count). The number of benzene rings is 2. The third-order valence-electron chi connectivity index (χ3n) is 4.38. The second-order valence-electron chi connectivity index (χ2n) is 6.11. The number of rotatable bonds is 6. The molecule has 27 heavy (non-hydrogen) atoms. The molecule has 1 aliphatic rings. The van der Waals surface area contributed by atoms with E-state index in [4.69, 9.17) is 9.47 Å². The highest BCUT2D eigenvalue weighted by atomic mass is 16.5. The Morgan fingerprint density at radius 3 is 2.30 bits per heavy atom. The predicted molar refractivity (Wildman–Crippen MR) is 99.4 cm³/mol. The average molecular weight is 365 g/mol. The van der Waals surface area contributed by atoms with Crippen molar-refractivity contribution in [3.8, 4) is 5.75 Å². The number of hydrogen-bond donors (Lipinski definition) is 0. The van der Waals surface area contributed by atoms with E-state index in [9.17, 15) is 14.4 Å².